The molecule has 7 amide bonds. The number of nitrogens with two attached hydrogens (primary N) is 2. The monoisotopic (exact) mass is 894 g/mol. The van der Waals surface area contributed by atoms with E-state index in [0.29, 0.717) is 25.7 Å². The van der Waals surface area contributed by atoms with Crippen molar-refractivity contribution in [2.75, 3.05) is 13.1 Å². The van der Waals surface area contributed by atoms with E-state index in [1.807, 2.05) is 105 Å². The van der Waals surface area contributed by atoms with Gasteiger partial charge < -0.3 is 43.0 Å². The van der Waals surface area contributed by atoms with Gasteiger partial charge in [0.05, 0.1) is 0 Å². The van der Waals surface area contributed by atoms with Crippen LogP contribution >= 0.6 is 11.3 Å². The molecule has 5 rings (SSSR count). The Balaban J connectivity index is 1.34. The number of hydrogen-bond acceptors (Lipinski definition) is 9. The number of carbonyl (C=O) groups excluding carboxylic acids is 7. The smallest absolute Gasteiger partial charge is 0.245 e. The van der Waals surface area contributed by atoms with Crippen molar-refractivity contribution >= 4 is 62.8 Å². The summed E-state index contributed by atoms with van der Waals surface area (Å²) in [5.41, 5.74) is 13.2. The van der Waals surface area contributed by atoms with Gasteiger partial charge in [0, 0.05) is 42.3 Å². The Morgan fingerprint density at radius 3 is 1.83 bits per heavy atom. The molecule has 1 aliphatic rings. The van der Waals surface area contributed by atoms with E-state index in [-0.39, 0.29) is 51.1 Å². The molecule has 0 aliphatic carbocycles. The first-order valence-corrected chi connectivity index (χ1v) is 22.9. The molecule has 15 nitrogen and oxygen atoms in total. The van der Waals surface area contributed by atoms with Crippen LogP contribution in [0.1, 0.15) is 75.3 Å². The van der Waals surface area contributed by atoms with Gasteiger partial charge in [0.15, 0.2) is 0 Å². The standard InChI is InChI=1S/C48H62N8O7S/c1-30(2)22-23-36(44(59)55-40(29-35-28-34-18-10-11-21-42(34)64-35)46(61)54-38(43(50)58)26-32-14-6-4-7-15-32)52-47(62)41-20-13-25-56(41)48(63)37(19-12-24-49)53-45(60)39(51-31(3)57)27-33-16-8-5-9-17-33/h4-11,14-18,21,28,30,36-41H,12-13,19-20,22-27,29,49H2,1-3H3,(H2,50,58)(H,51,57)(H,52,62)(H,53,60)(H,54,61)(H,55,59)/t36-,37+,38+,39+,40+,41+/m1/s1. The third kappa shape index (κ3) is 14.5. The normalized spacial score (nSPS) is 16.0. The number of likely N-dealkylation sites (tertiary alicyclic amines) is 1. The van der Waals surface area contributed by atoms with Gasteiger partial charge in [-0.25, -0.2) is 0 Å². The first kappa shape index (κ1) is 48.9. The molecular formula is C48H62N8O7S. The minimum absolute atomic E-state index is 0.105. The molecular weight excluding hydrogens is 833 g/mol. The first-order valence-electron chi connectivity index (χ1n) is 22.1. The predicted octanol–water partition coefficient (Wildman–Crippen LogP) is 3.02. The molecule has 1 aliphatic heterocycles. The molecule has 16 heteroatoms. The molecule has 0 bridgehead atoms. The Morgan fingerprint density at radius 2 is 1.23 bits per heavy atom. The lowest BCUT2D eigenvalue weighted by atomic mass is 10.0. The fraction of sp³-hybridized carbons (Fsp3) is 0.438. The number of thiophene rings is 1. The fourth-order valence-electron chi connectivity index (χ4n) is 7.86. The molecule has 1 aromatic heterocycles. The van der Waals surface area contributed by atoms with E-state index < -0.39 is 77.6 Å². The van der Waals surface area contributed by atoms with Crippen molar-refractivity contribution in [1.29, 1.82) is 0 Å². The maximum atomic E-state index is 14.4. The lowest BCUT2D eigenvalue weighted by molar-refractivity contribution is -0.142. The van der Waals surface area contributed by atoms with Crippen molar-refractivity contribution in [3.05, 3.63) is 107 Å². The summed E-state index contributed by atoms with van der Waals surface area (Å²) in [6.45, 7) is 5.81. The van der Waals surface area contributed by atoms with Crippen molar-refractivity contribution in [3.8, 4) is 0 Å². The number of amides is 7. The zero-order valence-corrected chi connectivity index (χ0v) is 37.7. The van der Waals surface area contributed by atoms with Crippen LogP contribution < -0.4 is 38.1 Å². The quantitative estimate of drug-likeness (QED) is 0.0584. The lowest BCUT2D eigenvalue weighted by Crippen LogP contribution is -2.59. The second kappa shape index (κ2) is 24.1. The molecule has 2 heterocycles. The Bertz CT molecular complexity index is 2190. The van der Waals surface area contributed by atoms with Crippen LogP contribution in [0.4, 0.5) is 0 Å². The van der Waals surface area contributed by atoms with Gasteiger partial charge in [-0.15, -0.1) is 11.3 Å². The van der Waals surface area contributed by atoms with Crippen LogP contribution in [-0.4, -0.2) is 95.6 Å². The summed E-state index contributed by atoms with van der Waals surface area (Å²) in [6, 6.07) is 21.8. The number of carbonyl (C=O) groups is 7. The highest BCUT2D eigenvalue weighted by Gasteiger charge is 2.40. The van der Waals surface area contributed by atoms with Gasteiger partial charge in [0.25, 0.3) is 0 Å². The zero-order chi connectivity index (χ0) is 46.2. The Morgan fingerprint density at radius 1 is 0.672 bits per heavy atom. The molecule has 0 unspecified atom stereocenters. The SMILES string of the molecule is CC(=O)N[C@@H](Cc1ccccc1)C(=O)N[C@@H](CCCN)C(=O)N1CCC[C@H]1C(=O)N[C@H](CCC(C)C)C(=O)N[C@@H](Cc1cc2ccccc2s1)C(=O)N[C@@H](Cc1ccccc1)C(N)=O. The minimum atomic E-state index is -1.14. The fourth-order valence-corrected chi connectivity index (χ4v) is 8.97. The van der Waals surface area contributed by atoms with Crippen LogP contribution in [0.2, 0.25) is 0 Å². The summed E-state index contributed by atoms with van der Waals surface area (Å²) < 4.78 is 1.00. The van der Waals surface area contributed by atoms with Crippen LogP contribution in [0.5, 0.6) is 0 Å². The molecule has 342 valence electrons. The summed E-state index contributed by atoms with van der Waals surface area (Å²) >= 11 is 1.48. The molecule has 9 N–H and O–H groups in total. The average molecular weight is 895 g/mol. The van der Waals surface area contributed by atoms with Crippen LogP contribution in [0.25, 0.3) is 10.1 Å². The highest BCUT2D eigenvalue weighted by atomic mass is 32.1. The number of primary amides is 1. The van der Waals surface area contributed by atoms with Gasteiger partial charge in [-0.05, 0) is 79.6 Å². The third-order valence-electron chi connectivity index (χ3n) is 11.2. The molecule has 1 saturated heterocycles. The van der Waals surface area contributed by atoms with Gasteiger partial charge in [0.2, 0.25) is 41.4 Å². The minimum Gasteiger partial charge on any atom is -0.368 e. The van der Waals surface area contributed by atoms with Gasteiger partial charge >= 0.3 is 0 Å². The number of nitrogens with zero attached hydrogens (tertiary/aromatic N) is 1. The van der Waals surface area contributed by atoms with Crippen molar-refractivity contribution in [3.63, 3.8) is 0 Å². The second-order valence-electron chi connectivity index (χ2n) is 16.8. The van der Waals surface area contributed by atoms with Crippen molar-refractivity contribution in [2.24, 2.45) is 17.4 Å². The number of hydrogen-bond donors (Lipinski definition) is 7. The Hall–Kier alpha value is -6.13. The molecule has 0 spiro atoms. The van der Waals surface area contributed by atoms with Gasteiger partial charge in [-0.3, -0.25) is 33.6 Å². The summed E-state index contributed by atoms with van der Waals surface area (Å²) in [5, 5.41) is 15.1. The highest BCUT2D eigenvalue weighted by molar-refractivity contribution is 7.19. The van der Waals surface area contributed by atoms with E-state index in [2.05, 4.69) is 26.6 Å². The molecule has 3 aromatic carbocycles. The van der Waals surface area contributed by atoms with Gasteiger partial charge in [0.1, 0.15) is 36.3 Å². The van der Waals surface area contributed by atoms with Crippen molar-refractivity contribution in [2.45, 2.75) is 115 Å². The summed E-state index contributed by atoms with van der Waals surface area (Å²) in [5.74, 6) is -3.73. The van der Waals surface area contributed by atoms with Gasteiger partial charge in [-0.1, -0.05) is 92.7 Å². The van der Waals surface area contributed by atoms with E-state index in [1.165, 1.54) is 23.2 Å². The number of nitrogens with one attached hydrogen (secondary N) is 5. The summed E-state index contributed by atoms with van der Waals surface area (Å²) in [7, 11) is 0. The predicted molar refractivity (Wildman–Crippen MR) is 247 cm³/mol. The zero-order valence-electron chi connectivity index (χ0n) is 36.8. The van der Waals surface area contributed by atoms with E-state index in [9.17, 15) is 33.6 Å². The van der Waals surface area contributed by atoms with E-state index in [0.717, 1.165) is 26.1 Å². The maximum Gasteiger partial charge on any atom is 0.245 e. The van der Waals surface area contributed by atoms with Crippen molar-refractivity contribution < 1.29 is 33.6 Å². The highest BCUT2D eigenvalue weighted by Crippen LogP contribution is 2.27. The number of rotatable bonds is 23. The topological polar surface area (TPSA) is 235 Å². The largest absolute Gasteiger partial charge is 0.368 e. The molecule has 64 heavy (non-hydrogen) atoms. The van der Waals surface area contributed by atoms with Gasteiger partial charge in [-0.2, -0.15) is 0 Å². The summed E-state index contributed by atoms with van der Waals surface area (Å²) in [6.07, 6.45) is 2.70. The first-order chi connectivity index (χ1) is 30.7. The Labute approximate surface area is 378 Å². The molecule has 1 fully saturated rings. The molecule has 4 aromatic rings. The average Bonchev–Trinajstić information content (AvgIpc) is 3.93. The lowest BCUT2D eigenvalue weighted by Gasteiger charge is -2.31. The van der Waals surface area contributed by atoms with Crippen LogP contribution in [0, 0.1) is 5.92 Å². The van der Waals surface area contributed by atoms with E-state index in [1.54, 1.807) is 0 Å². The van der Waals surface area contributed by atoms with Crippen LogP contribution in [0.15, 0.2) is 91.0 Å². The second-order valence-corrected chi connectivity index (χ2v) is 18.0. The molecule has 0 radical (unpaired) electrons. The van der Waals surface area contributed by atoms with E-state index in [4.69, 9.17) is 11.5 Å². The van der Waals surface area contributed by atoms with Crippen LogP contribution in [0.3, 0.4) is 0 Å². The summed E-state index contributed by atoms with van der Waals surface area (Å²) in [4.78, 5) is 97.8. The molecule has 0 saturated carbocycles. The van der Waals surface area contributed by atoms with Crippen LogP contribution in [-0.2, 0) is 52.8 Å². The third-order valence-corrected chi connectivity index (χ3v) is 12.4. The van der Waals surface area contributed by atoms with E-state index >= 15 is 0 Å². The molecule has 6 atom stereocenters. The van der Waals surface area contributed by atoms with Crippen molar-refractivity contribution in [1.82, 2.24) is 31.5 Å². The number of fused-ring (bicyclic) bond motifs is 1. The maximum absolute atomic E-state index is 14.4. The number of benzene rings is 3. The Kier molecular flexibility index (Phi) is 18.4.